The van der Waals surface area contributed by atoms with Gasteiger partial charge in [-0.3, -0.25) is 0 Å². The standard InChI is InChI=1S/C16H15BrClNO2/c1-16(15(20)21-2,19-12-6-4-3-5-7-12)13-9-8-11(17)10-14(13)18/h3-10,19H,1-2H3. The lowest BCUT2D eigenvalue weighted by atomic mass is 9.91. The Morgan fingerprint density at radius 1 is 1.24 bits per heavy atom. The minimum absolute atomic E-state index is 0.407. The van der Waals surface area contributed by atoms with Gasteiger partial charge in [0.15, 0.2) is 5.54 Å². The van der Waals surface area contributed by atoms with E-state index >= 15 is 0 Å². The van der Waals surface area contributed by atoms with E-state index < -0.39 is 11.5 Å². The summed E-state index contributed by atoms with van der Waals surface area (Å²) in [6.07, 6.45) is 0. The molecule has 0 radical (unpaired) electrons. The second-order valence-electron chi connectivity index (χ2n) is 4.73. The molecule has 0 heterocycles. The predicted octanol–water partition coefficient (Wildman–Crippen LogP) is 4.60. The Labute approximate surface area is 137 Å². The predicted molar refractivity (Wildman–Crippen MR) is 88.6 cm³/mol. The van der Waals surface area contributed by atoms with E-state index in [0.29, 0.717) is 10.6 Å². The second kappa shape index (κ2) is 6.50. The summed E-state index contributed by atoms with van der Waals surface area (Å²) >= 11 is 9.67. The largest absolute Gasteiger partial charge is 0.467 e. The molecular formula is C16H15BrClNO2. The summed E-state index contributed by atoms with van der Waals surface area (Å²) in [5.41, 5.74) is 0.390. The highest BCUT2D eigenvalue weighted by molar-refractivity contribution is 9.10. The molecule has 0 aliphatic carbocycles. The smallest absolute Gasteiger partial charge is 0.335 e. The van der Waals surface area contributed by atoms with Crippen molar-refractivity contribution in [3.63, 3.8) is 0 Å². The molecule has 0 fully saturated rings. The normalized spacial score (nSPS) is 13.3. The number of carbonyl (C=O) groups excluding carboxylic acids is 1. The first kappa shape index (κ1) is 15.9. The molecule has 0 spiro atoms. The average molecular weight is 369 g/mol. The number of methoxy groups -OCH3 is 1. The van der Waals surface area contributed by atoms with Gasteiger partial charge >= 0.3 is 5.97 Å². The number of para-hydroxylation sites is 1. The van der Waals surface area contributed by atoms with E-state index in [1.54, 1.807) is 19.1 Å². The molecule has 1 unspecified atom stereocenters. The van der Waals surface area contributed by atoms with Gasteiger partial charge in [-0.2, -0.15) is 0 Å². The molecule has 0 saturated carbocycles. The molecule has 5 heteroatoms. The minimum Gasteiger partial charge on any atom is -0.467 e. The first-order valence-electron chi connectivity index (χ1n) is 6.34. The van der Waals surface area contributed by atoms with E-state index in [0.717, 1.165) is 10.2 Å². The number of halogens is 2. The lowest BCUT2D eigenvalue weighted by Crippen LogP contribution is -2.41. The maximum absolute atomic E-state index is 12.3. The summed E-state index contributed by atoms with van der Waals surface area (Å²) in [6.45, 7) is 1.75. The van der Waals surface area contributed by atoms with Crippen LogP contribution in [0.5, 0.6) is 0 Å². The molecule has 0 aliphatic rings. The van der Waals surface area contributed by atoms with Crippen LogP contribution in [-0.2, 0) is 15.1 Å². The van der Waals surface area contributed by atoms with Gasteiger partial charge in [0.1, 0.15) is 0 Å². The van der Waals surface area contributed by atoms with Gasteiger partial charge in [0, 0.05) is 20.7 Å². The van der Waals surface area contributed by atoms with Crippen LogP contribution in [0.3, 0.4) is 0 Å². The third-order valence-corrected chi connectivity index (χ3v) is 4.04. The summed E-state index contributed by atoms with van der Waals surface area (Å²) in [5, 5.41) is 3.70. The minimum atomic E-state index is -1.08. The molecule has 110 valence electrons. The molecule has 21 heavy (non-hydrogen) atoms. The van der Waals surface area contributed by atoms with E-state index in [1.807, 2.05) is 36.4 Å². The molecule has 0 saturated heterocycles. The highest BCUT2D eigenvalue weighted by Gasteiger charge is 2.38. The number of benzene rings is 2. The third kappa shape index (κ3) is 3.39. The number of rotatable bonds is 4. The average Bonchev–Trinajstić information content (AvgIpc) is 2.47. The fraction of sp³-hybridized carbons (Fsp3) is 0.188. The maximum atomic E-state index is 12.3. The van der Waals surface area contributed by atoms with E-state index in [-0.39, 0.29) is 0 Å². The van der Waals surface area contributed by atoms with Gasteiger partial charge in [0.2, 0.25) is 0 Å². The SMILES string of the molecule is COC(=O)C(C)(Nc1ccccc1)c1ccc(Br)cc1Cl. The molecular weight excluding hydrogens is 354 g/mol. The van der Waals surface area contributed by atoms with Gasteiger partial charge in [-0.25, -0.2) is 4.79 Å². The number of carbonyl (C=O) groups is 1. The molecule has 3 nitrogen and oxygen atoms in total. The third-order valence-electron chi connectivity index (χ3n) is 3.23. The van der Waals surface area contributed by atoms with Crippen LogP contribution in [0.25, 0.3) is 0 Å². The summed E-state index contributed by atoms with van der Waals surface area (Å²) in [5.74, 6) is -0.407. The Hall–Kier alpha value is -1.52. The summed E-state index contributed by atoms with van der Waals surface area (Å²) in [4.78, 5) is 12.3. The zero-order chi connectivity index (χ0) is 15.5. The van der Waals surface area contributed by atoms with Crippen LogP contribution in [0, 0.1) is 0 Å². The molecule has 2 aromatic carbocycles. The van der Waals surface area contributed by atoms with Crippen molar-refractivity contribution in [2.45, 2.75) is 12.5 Å². The second-order valence-corrected chi connectivity index (χ2v) is 6.05. The van der Waals surface area contributed by atoms with Gasteiger partial charge in [-0.1, -0.05) is 51.8 Å². The number of nitrogens with one attached hydrogen (secondary N) is 1. The monoisotopic (exact) mass is 367 g/mol. The molecule has 1 N–H and O–H groups in total. The Kier molecular flexibility index (Phi) is 4.91. The number of ether oxygens (including phenoxy) is 1. The number of hydrogen-bond donors (Lipinski definition) is 1. The van der Waals surface area contributed by atoms with Crippen LogP contribution in [0.2, 0.25) is 5.02 Å². The molecule has 2 aromatic rings. The first-order valence-corrected chi connectivity index (χ1v) is 7.51. The zero-order valence-corrected chi connectivity index (χ0v) is 14.0. The van der Waals surface area contributed by atoms with Crippen LogP contribution in [0.4, 0.5) is 5.69 Å². The summed E-state index contributed by atoms with van der Waals surface area (Å²) in [7, 11) is 1.36. The van der Waals surface area contributed by atoms with Crippen molar-refractivity contribution in [1.29, 1.82) is 0 Å². The number of anilines is 1. The van der Waals surface area contributed by atoms with Crippen molar-refractivity contribution in [2.24, 2.45) is 0 Å². The quantitative estimate of drug-likeness (QED) is 0.801. The van der Waals surface area contributed by atoms with Gasteiger partial charge in [-0.05, 0) is 31.2 Å². The molecule has 0 amide bonds. The molecule has 0 bridgehead atoms. The van der Waals surface area contributed by atoms with E-state index in [9.17, 15) is 4.79 Å². The van der Waals surface area contributed by atoms with Crippen LogP contribution in [0.1, 0.15) is 12.5 Å². The fourth-order valence-electron chi connectivity index (χ4n) is 2.14. The van der Waals surface area contributed by atoms with Crippen LogP contribution >= 0.6 is 27.5 Å². The van der Waals surface area contributed by atoms with Crippen molar-refractivity contribution in [2.75, 3.05) is 12.4 Å². The molecule has 2 rings (SSSR count). The van der Waals surface area contributed by atoms with Crippen molar-refractivity contribution in [1.82, 2.24) is 0 Å². The summed E-state index contributed by atoms with van der Waals surface area (Å²) in [6, 6.07) is 14.9. The Bertz CT molecular complexity index is 648. The van der Waals surface area contributed by atoms with Crippen LogP contribution in [0.15, 0.2) is 53.0 Å². The topological polar surface area (TPSA) is 38.3 Å². The van der Waals surface area contributed by atoms with Crippen LogP contribution < -0.4 is 5.32 Å². The van der Waals surface area contributed by atoms with Crippen molar-refractivity contribution in [3.05, 3.63) is 63.6 Å². The zero-order valence-electron chi connectivity index (χ0n) is 11.7. The van der Waals surface area contributed by atoms with E-state index in [1.165, 1.54) is 7.11 Å². The van der Waals surface area contributed by atoms with Crippen molar-refractivity contribution >= 4 is 39.2 Å². The van der Waals surface area contributed by atoms with Gasteiger partial charge < -0.3 is 10.1 Å². The maximum Gasteiger partial charge on any atom is 0.335 e. The number of esters is 1. The number of hydrogen-bond acceptors (Lipinski definition) is 3. The Balaban J connectivity index is 2.49. The first-order chi connectivity index (χ1) is 9.97. The highest BCUT2D eigenvalue weighted by Crippen LogP contribution is 2.34. The Morgan fingerprint density at radius 3 is 2.48 bits per heavy atom. The van der Waals surface area contributed by atoms with Crippen molar-refractivity contribution in [3.8, 4) is 0 Å². The van der Waals surface area contributed by atoms with E-state index in [4.69, 9.17) is 16.3 Å². The van der Waals surface area contributed by atoms with Gasteiger partial charge in [0.25, 0.3) is 0 Å². The molecule has 0 aromatic heterocycles. The van der Waals surface area contributed by atoms with Crippen LogP contribution in [-0.4, -0.2) is 13.1 Å². The lowest BCUT2D eigenvalue weighted by molar-refractivity contribution is -0.145. The summed E-state index contributed by atoms with van der Waals surface area (Å²) < 4.78 is 5.81. The fourth-order valence-corrected chi connectivity index (χ4v) is 3.00. The van der Waals surface area contributed by atoms with E-state index in [2.05, 4.69) is 21.2 Å². The van der Waals surface area contributed by atoms with Gasteiger partial charge in [0.05, 0.1) is 7.11 Å². The molecule has 0 aliphatic heterocycles. The highest BCUT2D eigenvalue weighted by atomic mass is 79.9. The lowest BCUT2D eigenvalue weighted by Gasteiger charge is -2.30. The van der Waals surface area contributed by atoms with Crippen molar-refractivity contribution < 1.29 is 9.53 Å². The molecule has 1 atom stereocenters. The Morgan fingerprint density at radius 2 is 1.90 bits per heavy atom. The van der Waals surface area contributed by atoms with Gasteiger partial charge in [-0.15, -0.1) is 0 Å².